The van der Waals surface area contributed by atoms with Gasteiger partial charge in [0.2, 0.25) is 0 Å². The number of rotatable bonds is 1. The van der Waals surface area contributed by atoms with Crippen molar-refractivity contribution in [3.8, 4) is 0 Å². The summed E-state index contributed by atoms with van der Waals surface area (Å²) in [5.41, 5.74) is 2.08. The van der Waals surface area contributed by atoms with Crippen LogP contribution < -0.4 is 0 Å². The number of hydrogen-bond acceptors (Lipinski definition) is 1. The number of aromatic amines is 1. The van der Waals surface area contributed by atoms with E-state index in [0.717, 1.165) is 16.5 Å². The number of benzene rings is 1. The first-order chi connectivity index (χ1) is 5.40. The van der Waals surface area contributed by atoms with Crippen molar-refractivity contribution in [2.45, 2.75) is 5.88 Å². The molecule has 2 rings (SSSR count). The summed E-state index contributed by atoms with van der Waals surface area (Å²) in [5.74, 6) is 0.537. The Morgan fingerprint density at radius 3 is 3.27 bits per heavy atom. The van der Waals surface area contributed by atoms with E-state index < -0.39 is 0 Å². The lowest BCUT2D eigenvalue weighted by Crippen LogP contribution is -1.76. The monoisotopic (exact) mass is 165 g/mol. The number of halogens is 1. The molecule has 0 aliphatic heterocycles. The number of nitrogens with zero attached hydrogens (tertiary/aromatic N) is 1. The van der Waals surface area contributed by atoms with Crippen molar-refractivity contribution in [3.05, 3.63) is 30.0 Å². The summed E-state index contributed by atoms with van der Waals surface area (Å²) < 4.78 is 0. The van der Waals surface area contributed by atoms with Crippen LogP contribution in [0.5, 0.6) is 0 Å². The number of hydrogen-bond donors (Lipinski definition) is 1. The zero-order valence-corrected chi connectivity index (χ0v) is 6.52. The Balaban J connectivity index is 2.67. The molecule has 0 aliphatic rings. The van der Waals surface area contributed by atoms with Crippen LogP contribution >= 0.6 is 11.6 Å². The molecule has 0 unspecified atom stereocenters. The zero-order valence-electron chi connectivity index (χ0n) is 5.76. The Morgan fingerprint density at radius 1 is 1.55 bits per heavy atom. The van der Waals surface area contributed by atoms with Crippen LogP contribution in [0, 0.1) is 6.20 Å². The van der Waals surface area contributed by atoms with E-state index in [0.29, 0.717) is 5.88 Å². The summed E-state index contributed by atoms with van der Waals surface area (Å²) in [5, 5.41) is 7.61. The summed E-state index contributed by atoms with van der Waals surface area (Å²) in [4.78, 5) is 0. The minimum atomic E-state index is 0.537. The van der Waals surface area contributed by atoms with Gasteiger partial charge in [0.25, 0.3) is 0 Å². The van der Waals surface area contributed by atoms with Crippen molar-refractivity contribution in [3.63, 3.8) is 0 Å². The first kappa shape index (κ1) is 6.68. The maximum Gasteiger partial charge on any atom is 0.121 e. The summed E-state index contributed by atoms with van der Waals surface area (Å²) in [6.45, 7) is 0. The van der Waals surface area contributed by atoms with Crippen molar-refractivity contribution in [2.24, 2.45) is 0 Å². The molecule has 2 aromatic rings. The highest BCUT2D eigenvalue weighted by molar-refractivity contribution is 6.17. The molecule has 0 bridgehead atoms. The minimum Gasteiger partial charge on any atom is -0.277 e. The van der Waals surface area contributed by atoms with Gasteiger partial charge in [0.1, 0.15) is 6.20 Å². The molecule has 0 fully saturated rings. The lowest BCUT2D eigenvalue weighted by Gasteiger charge is -1.92. The van der Waals surface area contributed by atoms with Crippen LogP contribution in [-0.2, 0) is 5.88 Å². The molecule has 11 heavy (non-hydrogen) atoms. The maximum atomic E-state index is 5.65. The Bertz CT molecular complexity index is 367. The third-order valence-corrected chi connectivity index (χ3v) is 1.90. The van der Waals surface area contributed by atoms with E-state index in [1.807, 2.05) is 18.2 Å². The lowest BCUT2D eigenvalue weighted by atomic mass is 10.2. The van der Waals surface area contributed by atoms with Crippen molar-refractivity contribution >= 4 is 22.5 Å². The lowest BCUT2D eigenvalue weighted by molar-refractivity contribution is 1.11. The van der Waals surface area contributed by atoms with Gasteiger partial charge in [-0.05, 0) is 11.6 Å². The van der Waals surface area contributed by atoms with Gasteiger partial charge in [0, 0.05) is 11.3 Å². The summed E-state index contributed by atoms with van der Waals surface area (Å²) in [7, 11) is 0. The van der Waals surface area contributed by atoms with Gasteiger partial charge in [-0.1, -0.05) is 12.1 Å². The summed E-state index contributed by atoms with van der Waals surface area (Å²) in [6, 6.07) is 5.91. The Labute approximate surface area is 69.2 Å². The van der Waals surface area contributed by atoms with Gasteiger partial charge in [-0.2, -0.15) is 5.10 Å². The van der Waals surface area contributed by atoms with Gasteiger partial charge in [-0.15, -0.1) is 11.6 Å². The van der Waals surface area contributed by atoms with Gasteiger partial charge in [0.05, 0.1) is 5.52 Å². The smallest absolute Gasteiger partial charge is 0.121 e. The molecule has 0 aliphatic carbocycles. The highest BCUT2D eigenvalue weighted by Crippen LogP contribution is 2.13. The number of nitrogens with one attached hydrogen (secondary N) is 1. The SMILES string of the molecule is ClCc1ccc2[c]n[nH]c2c1. The van der Waals surface area contributed by atoms with Crippen LogP contribution in [-0.4, -0.2) is 10.2 Å². The van der Waals surface area contributed by atoms with Gasteiger partial charge < -0.3 is 0 Å². The topological polar surface area (TPSA) is 28.7 Å². The fourth-order valence-corrected chi connectivity index (χ4v) is 1.18. The molecule has 0 spiro atoms. The van der Waals surface area contributed by atoms with Crippen LogP contribution in [0.1, 0.15) is 5.56 Å². The zero-order chi connectivity index (χ0) is 7.68. The van der Waals surface area contributed by atoms with Gasteiger partial charge >= 0.3 is 0 Å². The predicted molar refractivity (Wildman–Crippen MR) is 44.5 cm³/mol. The third kappa shape index (κ3) is 1.10. The average Bonchev–Trinajstić information content (AvgIpc) is 2.50. The van der Waals surface area contributed by atoms with E-state index in [1.54, 1.807) is 0 Å². The van der Waals surface area contributed by atoms with E-state index in [1.165, 1.54) is 0 Å². The number of fused-ring (bicyclic) bond motifs is 1. The second-order valence-corrected chi connectivity index (χ2v) is 2.62. The average molecular weight is 166 g/mol. The molecule has 0 amide bonds. The van der Waals surface area contributed by atoms with Crippen LogP contribution in [0.4, 0.5) is 0 Å². The Hall–Kier alpha value is -1.02. The number of H-pyrrole nitrogens is 1. The van der Waals surface area contributed by atoms with Crippen LogP contribution in [0.25, 0.3) is 10.9 Å². The molecule has 1 radical (unpaired) electrons. The van der Waals surface area contributed by atoms with E-state index in [4.69, 9.17) is 11.6 Å². The van der Waals surface area contributed by atoms with Gasteiger partial charge in [0.15, 0.2) is 0 Å². The molecule has 55 valence electrons. The number of alkyl halides is 1. The van der Waals surface area contributed by atoms with Crippen molar-refractivity contribution < 1.29 is 0 Å². The molecule has 1 heterocycles. The highest BCUT2D eigenvalue weighted by Gasteiger charge is 1.96. The Kier molecular flexibility index (Phi) is 1.55. The molecule has 0 atom stereocenters. The number of aromatic nitrogens is 2. The molecule has 1 aromatic heterocycles. The van der Waals surface area contributed by atoms with Crippen molar-refractivity contribution in [1.29, 1.82) is 0 Å². The second kappa shape index (κ2) is 2.55. The van der Waals surface area contributed by atoms with Crippen LogP contribution in [0.2, 0.25) is 0 Å². The van der Waals surface area contributed by atoms with Crippen LogP contribution in [0.3, 0.4) is 0 Å². The first-order valence-corrected chi connectivity index (χ1v) is 3.84. The second-order valence-electron chi connectivity index (χ2n) is 2.35. The quantitative estimate of drug-likeness (QED) is 0.645. The first-order valence-electron chi connectivity index (χ1n) is 3.31. The normalized spacial score (nSPS) is 10.6. The van der Waals surface area contributed by atoms with E-state index in [9.17, 15) is 0 Å². The van der Waals surface area contributed by atoms with Gasteiger partial charge in [-0.3, -0.25) is 5.10 Å². The Morgan fingerprint density at radius 2 is 2.45 bits per heavy atom. The molecule has 3 heteroatoms. The molecular weight excluding hydrogens is 160 g/mol. The molecule has 0 saturated carbocycles. The van der Waals surface area contributed by atoms with Crippen LogP contribution in [0.15, 0.2) is 18.2 Å². The molecule has 1 aromatic carbocycles. The fourth-order valence-electron chi connectivity index (χ4n) is 1.01. The maximum absolute atomic E-state index is 5.65. The minimum absolute atomic E-state index is 0.537. The largest absolute Gasteiger partial charge is 0.277 e. The predicted octanol–water partition coefficient (Wildman–Crippen LogP) is 2.10. The molecular formula is C8H6ClN2. The molecule has 1 N–H and O–H groups in total. The van der Waals surface area contributed by atoms with E-state index in [2.05, 4.69) is 16.4 Å². The van der Waals surface area contributed by atoms with E-state index in [-0.39, 0.29) is 0 Å². The summed E-state index contributed by atoms with van der Waals surface area (Å²) in [6.07, 6.45) is 2.82. The van der Waals surface area contributed by atoms with E-state index >= 15 is 0 Å². The molecule has 2 nitrogen and oxygen atoms in total. The summed E-state index contributed by atoms with van der Waals surface area (Å²) >= 11 is 5.65. The van der Waals surface area contributed by atoms with Crippen molar-refractivity contribution in [2.75, 3.05) is 0 Å². The van der Waals surface area contributed by atoms with Crippen molar-refractivity contribution in [1.82, 2.24) is 10.2 Å². The highest BCUT2D eigenvalue weighted by atomic mass is 35.5. The standard InChI is InChI=1S/C8H6ClN2/c9-4-6-1-2-7-5-10-11-8(7)3-6/h1-3H,4H2,(H,10,11). The fraction of sp³-hybridized carbons (Fsp3) is 0.125. The molecule has 0 saturated heterocycles. The third-order valence-electron chi connectivity index (χ3n) is 1.59. The van der Waals surface area contributed by atoms with Gasteiger partial charge in [-0.25, -0.2) is 0 Å².